The third-order valence-electron chi connectivity index (χ3n) is 3.62. The summed E-state index contributed by atoms with van der Waals surface area (Å²) in [6.45, 7) is 6.14. The van der Waals surface area contributed by atoms with Crippen molar-refractivity contribution in [2.24, 2.45) is 13.0 Å². The fraction of sp³-hybridized carbons (Fsp3) is 0.375. The molecule has 0 aliphatic carbocycles. The Kier molecular flexibility index (Phi) is 4.68. The van der Waals surface area contributed by atoms with Gasteiger partial charge < -0.3 is 5.32 Å². The van der Waals surface area contributed by atoms with Gasteiger partial charge in [-0.3, -0.25) is 9.48 Å². The number of aromatic nitrogens is 2. The van der Waals surface area contributed by atoms with Gasteiger partial charge in [-0.05, 0) is 25.0 Å². The van der Waals surface area contributed by atoms with Gasteiger partial charge in [0, 0.05) is 18.7 Å². The van der Waals surface area contributed by atoms with E-state index in [1.54, 1.807) is 17.8 Å². The Hall–Kier alpha value is -1.81. The molecule has 2 aromatic rings. The minimum Gasteiger partial charge on any atom is -0.348 e. The molecule has 0 saturated carbocycles. The first-order valence-corrected chi connectivity index (χ1v) is 7.37. The van der Waals surface area contributed by atoms with Crippen LogP contribution in [0.1, 0.15) is 31.3 Å². The minimum atomic E-state index is -0.121. The summed E-state index contributed by atoms with van der Waals surface area (Å²) < 4.78 is 1.58. The number of nitrogens with zero attached hydrogens (tertiary/aromatic N) is 2. The summed E-state index contributed by atoms with van der Waals surface area (Å²) >= 11 is 6.18. The molecule has 0 bridgehead atoms. The Morgan fingerprint density at radius 1 is 1.29 bits per heavy atom. The van der Waals surface area contributed by atoms with Crippen molar-refractivity contribution in [1.82, 2.24) is 15.1 Å². The van der Waals surface area contributed by atoms with Gasteiger partial charge in [-0.25, -0.2) is 0 Å². The Morgan fingerprint density at radius 2 is 1.95 bits per heavy atom. The highest BCUT2D eigenvalue weighted by Crippen LogP contribution is 2.26. The zero-order valence-electron chi connectivity index (χ0n) is 12.7. The largest absolute Gasteiger partial charge is 0.348 e. The fourth-order valence-electron chi connectivity index (χ4n) is 1.93. The maximum Gasteiger partial charge on any atom is 0.269 e. The number of amides is 1. The van der Waals surface area contributed by atoms with E-state index in [2.05, 4.69) is 24.3 Å². The molecule has 0 saturated heterocycles. The molecular weight excluding hydrogens is 286 g/mol. The second-order valence-corrected chi connectivity index (χ2v) is 5.93. The molecule has 5 heteroatoms. The second-order valence-electron chi connectivity index (χ2n) is 5.52. The van der Waals surface area contributed by atoms with E-state index in [1.807, 2.05) is 31.2 Å². The van der Waals surface area contributed by atoms with Gasteiger partial charge in [0.05, 0.1) is 10.7 Å². The zero-order valence-corrected chi connectivity index (χ0v) is 13.5. The third kappa shape index (κ3) is 3.45. The number of rotatable bonds is 4. The Bertz CT molecular complexity index is 649. The second kappa shape index (κ2) is 6.31. The first-order chi connectivity index (χ1) is 9.90. The van der Waals surface area contributed by atoms with Crippen LogP contribution in [0.5, 0.6) is 0 Å². The molecule has 1 N–H and O–H groups in total. The van der Waals surface area contributed by atoms with Crippen molar-refractivity contribution in [2.45, 2.75) is 26.8 Å². The summed E-state index contributed by atoms with van der Waals surface area (Å²) in [4.78, 5) is 12.3. The van der Waals surface area contributed by atoms with Crippen molar-refractivity contribution < 1.29 is 4.79 Å². The predicted octanol–water partition coefficient (Wildman–Crippen LogP) is 3.51. The number of hydrogen-bond acceptors (Lipinski definition) is 2. The first kappa shape index (κ1) is 15.6. The molecule has 0 aliphatic heterocycles. The Balaban J connectivity index is 2.28. The van der Waals surface area contributed by atoms with E-state index in [4.69, 9.17) is 11.6 Å². The quantitative estimate of drug-likeness (QED) is 0.939. The predicted molar refractivity (Wildman–Crippen MR) is 85.4 cm³/mol. The van der Waals surface area contributed by atoms with E-state index in [1.165, 1.54) is 0 Å². The van der Waals surface area contributed by atoms with E-state index in [0.29, 0.717) is 22.3 Å². The molecule has 1 atom stereocenters. The van der Waals surface area contributed by atoms with E-state index in [9.17, 15) is 4.79 Å². The SMILES string of the molecule is CC(C)C(C)NC(=O)c1cc(-c2ccccc2Cl)nn1C. The molecule has 0 spiro atoms. The van der Waals surface area contributed by atoms with Crippen LogP contribution in [0.15, 0.2) is 30.3 Å². The molecule has 1 heterocycles. The lowest BCUT2D eigenvalue weighted by Gasteiger charge is -2.17. The summed E-state index contributed by atoms with van der Waals surface area (Å²) in [6, 6.07) is 9.35. The molecule has 1 unspecified atom stereocenters. The van der Waals surface area contributed by atoms with Crippen LogP contribution >= 0.6 is 11.6 Å². The molecule has 4 nitrogen and oxygen atoms in total. The third-order valence-corrected chi connectivity index (χ3v) is 3.95. The van der Waals surface area contributed by atoms with Gasteiger partial charge in [0.15, 0.2) is 0 Å². The fourth-order valence-corrected chi connectivity index (χ4v) is 2.16. The number of benzene rings is 1. The first-order valence-electron chi connectivity index (χ1n) is 7.00. The average molecular weight is 306 g/mol. The molecule has 0 aliphatic rings. The smallest absolute Gasteiger partial charge is 0.269 e. The van der Waals surface area contributed by atoms with Gasteiger partial charge in [0.2, 0.25) is 0 Å². The van der Waals surface area contributed by atoms with Crippen molar-refractivity contribution >= 4 is 17.5 Å². The van der Waals surface area contributed by atoms with Gasteiger partial charge >= 0.3 is 0 Å². The molecule has 1 aromatic heterocycles. The molecular formula is C16H20ClN3O. The van der Waals surface area contributed by atoms with Crippen LogP contribution in [-0.4, -0.2) is 21.7 Å². The van der Waals surface area contributed by atoms with Crippen molar-refractivity contribution in [3.63, 3.8) is 0 Å². The maximum atomic E-state index is 12.3. The van der Waals surface area contributed by atoms with E-state index in [0.717, 1.165) is 5.56 Å². The number of nitrogens with one attached hydrogen (secondary N) is 1. The number of carbonyl (C=O) groups is 1. The standard InChI is InChI=1S/C16H20ClN3O/c1-10(2)11(3)18-16(21)15-9-14(19-20(15)4)12-7-5-6-8-13(12)17/h5-11H,1-4H3,(H,18,21). The van der Waals surface area contributed by atoms with Crippen LogP contribution < -0.4 is 5.32 Å². The van der Waals surface area contributed by atoms with Crippen molar-refractivity contribution in [3.8, 4) is 11.3 Å². The highest BCUT2D eigenvalue weighted by Gasteiger charge is 2.18. The van der Waals surface area contributed by atoms with E-state index >= 15 is 0 Å². The Morgan fingerprint density at radius 3 is 2.57 bits per heavy atom. The van der Waals surface area contributed by atoms with Crippen molar-refractivity contribution in [1.29, 1.82) is 0 Å². The van der Waals surface area contributed by atoms with Crippen molar-refractivity contribution in [3.05, 3.63) is 41.0 Å². The lowest BCUT2D eigenvalue weighted by atomic mass is 10.1. The van der Waals surface area contributed by atoms with Crippen LogP contribution in [0.4, 0.5) is 0 Å². The summed E-state index contributed by atoms with van der Waals surface area (Å²) in [5.74, 6) is 0.259. The highest BCUT2D eigenvalue weighted by molar-refractivity contribution is 6.33. The van der Waals surface area contributed by atoms with Crippen LogP contribution in [0.2, 0.25) is 5.02 Å². The van der Waals surface area contributed by atoms with Gasteiger partial charge in [-0.2, -0.15) is 5.10 Å². The van der Waals surface area contributed by atoms with Crippen LogP contribution in [0.25, 0.3) is 11.3 Å². The normalized spacial score (nSPS) is 12.5. The topological polar surface area (TPSA) is 46.9 Å². The number of carbonyl (C=O) groups excluding carboxylic acids is 1. The van der Waals surface area contributed by atoms with Crippen LogP contribution in [-0.2, 0) is 7.05 Å². The summed E-state index contributed by atoms with van der Waals surface area (Å²) in [5, 5.41) is 7.99. The molecule has 1 aromatic carbocycles. The van der Waals surface area contributed by atoms with E-state index in [-0.39, 0.29) is 11.9 Å². The number of hydrogen-bond donors (Lipinski definition) is 1. The van der Waals surface area contributed by atoms with E-state index < -0.39 is 0 Å². The maximum absolute atomic E-state index is 12.3. The monoisotopic (exact) mass is 305 g/mol. The Labute approximate surface area is 130 Å². The molecule has 2 rings (SSSR count). The zero-order chi connectivity index (χ0) is 15.6. The van der Waals surface area contributed by atoms with Gasteiger partial charge in [0.25, 0.3) is 5.91 Å². The van der Waals surface area contributed by atoms with Crippen LogP contribution in [0.3, 0.4) is 0 Å². The molecule has 1 amide bonds. The summed E-state index contributed by atoms with van der Waals surface area (Å²) in [5.41, 5.74) is 2.05. The lowest BCUT2D eigenvalue weighted by Crippen LogP contribution is -2.37. The molecule has 112 valence electrons. The minimum absolute atomic E-state index is 0.108. The summed E-state index contributed by atoms with van der Waals surface area (Å²) in [7, 11) is 1.76. The van der Waals surface area contributed by atoms with Crippen LogP contribution in [0, 0.1) is 5.92 Å². The number of halogens is 1. The van der Waals surface area contributed by atoms with Crippen molar-refractivity contribution in [2.75, 3.05) is 0 Å². The molecule has 0 radical (unpaired) electrons. The number of aryl methyl sites for hydroxylation is 1. The van der Waals surface area contributed by atoms with Gasteiger partial charge in [0.1, 0.15) is 5.69 Å². The molecule has 0 fully saturated rings. The average Bonchev–Trinajstić information content (AvgIpc) is 2.81. The van der Waals surface area contributed by atoms with Gasteiger partial charge in [-0.15, -0.1) is 0 Å². The highest BCUT2D eigenvalue weighted by atomic mass is 35.5. The molecule has 21 heavy (non-hydrogen) atoms. The van der Waals surface area contributed by atoms with Gasteiger partial charge in [-0.1, -0.05) is 43.6 Å². The summed E-state index contributed by atoms with van der Waals surface area (Å²) in [6.07, 6.45) is 0. The lowest BCUT2D eigenvalue weighted by molar-refractivity contribution is 0.0921.